The normalized spacial score (nSPS) is 14.1. The zero-order valence-electron chi connectivity index (χ0n) is 12.1. The Morgan fingerprint density at radius 2 is 1.89 bits per heavy atom. The van der Waals surface area contributed by atoms with Crippen molar-refractivity contribution in [3.05, 3.63) is 35.9 Å². The summed E-state index contributed by atoms with van der Waals surface area (Å²) in [4.78, 5) is 2.37. The minimum atomic E-state index is -0.874. The summed E-state index contributed by atoms with van der Waals surface area (Å²) in [5.74, 6) is 0. The van der Waals surface area contributed by atoms with Crippen LogP contribution in [0.15, 0.2) is 30.3 Å². The molecule has 1 unspecified atom stereocenters. The highest BCUT2D eigenvalue weighted by atomic mass is 15.1. The number of nitrogens with zero attached hydrogens (tertiary/aromatic N) is 2. The van der Waals surface area contributed by atoms with E-state index in [1.807, 2.05) is 30.3 Å². The van der Waals surface area contributed by atoms with Crippen LogP contribution in [0.5, 0.6) is 0 Å². The Hall–Kier alpha value is -1.37. The lowest BCUT2D eigenvalue weighted by Gasteiger charge is -2.27. The van der Waals surface area contributed by atoms with Crippen LogP contribution in [-0.4, -0.2) is 24.5 Å². The quantitative estimate of drug-likeness (QED) is 0.781. The van der Waals surface area contributed by atoms with Crippen LogP contribution in [0.1, 0.15) is 38.7 Å². The van der Waals surface area contributed by atoms with Crippen LogP contribution in [0.2, 0.25) is 0 Å². The van der Waals surface area contributed by atoms with Crippen LogP contribution in [0.25, 0.3) is 0 Å². The molecule has 1 rings (SSSR count). The second-order valence-corrected chi connectivity index (χ2v) is 4.99. The van der Waals surface area contributed by atoms with E-state index in [1.54, 1.807) is 0 Å². The van der Waals surface area contributed by atoms with Crippen molar-refractivity contribution < 1.29 is 0 Å². The second kappa shape index (κ2) is 7.93. The third-order valence-corrected chi connectivity index (χ3v) is 3.59. The van der Waals surface area contributed by atoms with Crippen LogP contribution < -0.4 is 5.73 Å². The molecule has 0 aromatic heterocycles. The summed E-state index contributed by atoms with van der Waals surface area (Å²) in [5.41, 5.74) is 6.29. The van der Waals surface area contributed by atoms with Gasteiger partial charge in [-0.3, -0.25) is 0 Å². The molecular formula is C16H25N3. The number of nitriles is 1. The van der Waals surface area contributed by atoms with Crippen molar-refractivity contribution in [1.29, 1.82) is 5.26 Å². The maximum Gasteiger partial charge on any atom is 0.131 e. The molecule has 0 saturated heterocycles. The predicted molar refractivity (Wildman–Crippen MR) is 79.6 cm³/mol. The van der Waals surface area contributed by atoms with Gasteiger partial charge in [0.2, 0.25) is 0 Å². The van der Waals surface area contributed by atoms with Crippen molar-refractivity contribution in [3.63, 3.8) is 0 Å². The van der Waals surface area contributed by atoms with E-state index < -0.39 is 5.54 Å². The zero-order valence-corrected chi connectivity index (χ0v) is 12.1. The van der Waals surface area contributed by atoms with Gasteiger partial charge in [0.15, 0.2) is 0 Å². The molecule has 1 aromatic rings. The van der Waals surface area contributed by atoms with E-state index >= 15 is 0 Å². The summed E-state index contributed by atoms with van der Waals surface area (Å²) in [6, 6.07) is 12.0. The molecule has 0 heterocycles. The smallest absolute Gasteiger partial charge is 0.131 e. The Morgan fingerprint density at radius 1 is 1.21 bits per heavy atom. The number of nitrogens with two attached hydrogens (primary N) is 1. The molecule has 0 aliphatic rings. The van der Waals surface area contributed by atoms with Crippen LogP contribution in [0, 0.1) is 11.3 Å². The predicted octanol–water partition coefficient (Wildman–Crippen LogP) is 2.88. The van der Waals surface area contributed by atoms with Gasteiger partial charge in [0.05, 0.1) is 6.07 Å². The molecule has 0 aliphatic heterocycles. The highest BCUT2D eigenvalue weighted by Gasteiger charge is 2.27. The fourth-order valence-electron chi connectivity index (χ4n) is 2.14. The van der Waals surface area contributed by atoms with Crippen molar-refractivity contribution >= 4 is 0 Å². The molecule has 3 nitrogen and oxygen atoms in total. The van der Waals surface area contributed by atoms with Crippen molar-refractivity contribution in [2.24, 2.45) is 5.73 Å². The third-order valence-electron chi connectivity index (χ3n) is 3.59. The van der Waals surface area contributed by atoms with Gasteiger partial charge in [-0.1, -0.05) is 50.6 Å². The molecule has 0 radical (unpaired) electrons. The first-order valence-electron chi connectivity index (χ1n) is 7.14. The van der Waals surface area contributed by atoms with Gasteiger partial charge in [-0.25, -0.2) is 0 Å². The van der Waals surface area contributed by atoms with Crippen molar-refractivity contribution in [3.8, 4) is 6.07 Å². The SMILES string of the molecule is CCCCN(CC)CCC(N)(C#N)c1ccccc1. The van der Waals surface area contributed by atoms with Crippen molar-refractivity contribution in [2.75, 3.05) is 19.6 Å². The molecule has 3 heteroatoms. The molecule has 1 atom stereocenters. The molecule has 1 aromatic carbocycles. The van der Waals surface area contributed by atoms with Crippen molar-refractivity contribution in [1.82, 2.24) is 4.90 Å². The lowest BCUT2D eigenvalue weighted by atomic mass is 9.89. The molecule has 19 heavy (non-hydrogen) atoms. The monoisotopic (exact) mass is 259 g/mol. The summed E-state index contributed by atoms with van der Waals surface area (Å²) in [6.45, 7) is 7.32. The van der Waals surface area contributed by atoms with E-state index in [9.17, 15) is 5.26 Å². The van der Waals surface area contributed by atoms with Gasteiger partial charge in [-0.2, -0.15) is 5.26 Å². The average Bonchev–Trinajstić information content (AvgIpc) is 2.48. The fourth-order valence-corrected chi connectivity index (χ4v) is 2.14. The summed E-state index contributed by atoms with van der Waals surface area (Å²) < 4.78 is 0. The lowest BCUT2D eigenvalue weighted by molar-refractivity contribution is 0.261. The summed E-state index contributed by atoms with van der Waals surface area (Å²) >= 11 is 0. The molecule has 0 amide bonds. The van der Waals surface area contributed by atoms with E-state index in [1.165, 1.54) is 12.8 Å². The zero-order chi connectivity index (χ0) is 14.1. The molecule has 0 fully saturated rings. The van der Waals surface area contributed by atoms with Crippen LogP contribution in [-0.2, 0) is 5.54 Å². The van der Waals surface area contributed by atoms with E-state index in [0.29, 0.717) is 6.42 Å². The van der Waals surface area contributed by atoms with Crippen LogP contribution in [0.4, 0.5) is 0 Å². The van der Waals surface area contributed by atoms with Gasteiger partial charge in [-0.05, 0) is 31.5 Å². The van der Waals surface area contributed by atoms with E-state index in [-0.39, 0.29) is 0 Å². The Balaban J connectivity index is 2.64. The van der Waals surface area contributed by atoms with Gasteiger partial charge in [0, 0.05) is 6.54 Å². The number of rotatable bonds is 8. The van der Waals surface area contributed by atoms with Crippen molar-refractivity contribution in [2.45, 2.75) is 38.6 Å². The molecule has 0 saturated carbocycles. The Labute approximate surface area is 117 Å². The molecule has 104 valence electrons. The number of benzene rings is 1. The summed E-state index contributed by atoms with van der Waals surface area (Å²) in [5, 5.41) is 9.41. The first-order valence-corrected chi connectivity index (χ1v) is 7.14. The highest BCUT2D eigenvalue weighted by molar-refractivity contribution is 5.30. The maximum atomic E-state index is 9.41. The molecule has 0 aliphatic carbocycles. The topological polar surface area (TPSA) is 53.0 Å². The standard InChI is InChI=1S/C16H25N3/c1-3-5-12-19(4-2)13-11-16(18,14-17)15-9-7-6-8-10-15/h6-10H,3-5,11-13,18H2,1-2H3. The Morgan fingerprint density at radius 3 is 2.42 bits per heavy atom. The minimum Gasteiger partial charge on any atom is -0.310 e. The molecule has 2 N–H and O–H groups in total. The highest BCUT2D eigenvalue weighted by Crippen LogP contribution is 2.21. The van der Waals surface area contributed by atoms with E-state index in [2.05, 4.69) is 24.8 Å². The first-order chi connectivity index (χ1) is 9.16. The third kappa shape index (κ3) is 4.66. The van der Waals surface area contributed by atoms with Gasteiger partial charge in [0.25, 0.3) is 0 Å². The Bertz CT molecular complexity index is 396. The van der Waals surface area contributed by atoms with Gasteiger partial charge >= 0.3 is 0 Å². The summed E-state index contributed by atoms with van der Waals surface area (Å²) in [6.07, 6.45) is 3.07. The van der Waals surface area contributed by atoms with Gasteiger partial charge in [0.1, 0.15) is 5.54 Å². The minimum absolute atomic E-state index is 0.672. The average molecular weight is 259 g/mol. The van der Waals surface area contributed by atoms with Crippen LogP contribution >= 0.6 is 0 Å². The molecule has 0 spiro atoms. The van der Waals surface area contributed by atoms with E-state index in [0.717, 1.165) is 25.2 Å². The summed E-state index contributed by atoms with van der Waals surface area (Å²) in [7, 11) is 0. The number of hydrogen-bond acceptors (Lipinski definition) is 3. The van der Waals surface area contributed by atoms with Crippen LogP contribution in [0.3, 0.4) is 0 Å². The molecule has 0 bridgehead atoms. The lowest BCUT2D eigenvalue weighted by Crippen LogP contribution is -2.39. The number of unbranched alkanes of at least 4 members (excludes halogenated alkanes) is 1. The number of hydrogen-bond donors (Lipinski definition) is 1. The fraction of sp³-hybridized carbons (Fsp3) is 0.562. The Kier molecular flexibility index (Phi) is 6.55. The molecular weight excluding hydrogens is 234 g/mol. The second-order valence-electron chi connectivity index (χ2n) is 4.99. The van der Waals surface area contributed by atoms with E-state index in [4.69, 9.17) is 5.73 Å². The van der Waals surface area contributed by atoms with Gasteiger partial charge < -0.3 is 10.6 Å². The largest absolute Gasteiger partial charge is 0.310 e. The maximum absolute atomic E-state index is 9.41. The van der Waals surface area contributed by atoms with Gasteiger partial charge in [-0.15, -0.1) is 0 Å². The first kappa shape index (κ1) is 15.7.